The number of benzene rings is 12. The molecule has 0 saturated carbocycles. The van der Waals surface area contributed by atoms with Crippen LogP contribution in [0.5, 0.6) is 0 Å². The summed E-state index contributed by atoms with van der Waals surface area (Å²) in [4.78, 5) is 168. The van der Waals surface area contributed by atoms with Crippen LogP contribution in [0.25, 0.3) is 0 Å². The number of carboxylic acids is 8. The number of carbonyl (C=O) groups excluding carboxylic acids is 12. The zero-order chi connectivity index (χ0) is 100. The average Bonchev–Trinajstić information content (AvgIpc) is 0.870. The van der Waals surface area contributed by atoms with Gasteiger partial charge in [0.25, 0.3) is 0 Å². The van der Waals surface area contributed by atoms with E-state index in [-0.39, 0.29) is 136 Å². The van der Waals surface area contributed by atoms with Gasteiger partial charge in [-0.15, -0.1) is 0 Å². The summed E-state index contributed by atoms with van der Waals surface area (Å²) in [5.74, 6) is -9.64. The van der Waals surface area contributed by atoms with Crippen LogP contribution in [0.4, 0.5) is 45.5 Å². The summed E-state index contributed by atoms with van der Waals surface area (Å²) in [6.07, 6.45) is 12.9. The number of nitrogens with zero attached hydrogens (tertiary/aromatic N) is 12. The molecule has 140 heavy (non-hydrogen) atoms. The predicted octanol–water partition coefficient (Wildman–Crippen LogP) is 8.03. The van der Waals surface area contributed by atoms with Crippen molar-refractivity contribution in [1.29, 1.82) is 0 Å². The van der Waals surface area contributed by atoms with Gasteiger partial charge in [0.15, 0.2) is 0 Å². The Morgan fingerprint density at radius 1 is 0.179 bits per heavy atom. The molecule has 12 aromatic rings. The number of carbonyl (C=O) groups is 12. The fraction of sp³-hybridized carbons (Fsp3) is 0.115. The van der Waals surface area contributed by atoms with Crippen LogP contribution in [0.15, 0.2) is 331 Å². The van der Waals surface area contributed by atoms with E-state index in [1.807, 2.05) is 97.1 Å². The van der Waals surface area contributed by atoms with Crippen molar-refractivity contribution in [1.82, 2.24) is 19.6 Å². The summed E-state index contributed by atoms with van der Waals surface area (Å²) in [5.41, 5.74) is 10.9. The van der Waals surface area contributed by atoms with Crippen molar-refractivity contribution < 1.29 is 167 Å². The summed E-state index contributed by atoms with van der Waals surface area (Å²) in [5, 5.41) is 87.2. The Labute approximate surface area is 851 Å². The number of rotatable bonds is 24. The monoisotopic (exact) mass is 2080 g/mol. The van der Waals surface area contributed by atoms with E-state index in [0.29, 0.717) is 45.5 Å². The molecule has 0 aromatic heterocycles. The van der Waals surface area contributed by atoms with E-state index in [1.54, 1.807) is 203 Å². The van der Waals surface area contributed by atoms with Gasteiger partial charge >= 0.3 is 68.3 Å². The first-order chi connectivity index (χ1) is 64.6. The fourth-order valence-corrected chi connectivity index (χ4v) is 9.78. The number of carboxylic acid groups (broad SMARTS) is 8. The summed E-state index contributed by atoms with van der Waals surface area (Å²) in [7, 11) is 13.8. The maximum absolute atomic E-state index is 10.9. The molecule has 0 atom stereocenters. The summed E-state index contributed by atoms with van der Waals surface area (Å²) in [6.45, 7) is 6.11. The Morgan fingerprint density at radius 2 is 0.271 bits per heavy atom. The van der Waals surface area contributed by atoms with Crippen molar-refractivity contribution in [3.63, 3.8) is 0 Å². The normalized spacial score (nSPS) is 10.3. The largest absolute Gasteiger partial charge is 2.00 e. The van der Waals surface area contributed by atoms with Crippen LogP contribution in [-0.2, 0) is 87.5 Å². The van der Waals surface area contributed by atoms with Gasteiger partial charge in [-0.2, -0.15) is 0 Å². The molecule has 4 radical (unpaired) electrons. The molecule has 0 fully saturated rings. The third kappa shape index (κ3) is 48.3. The maximum atomic E-state index is 10.9. The van der Waals surface area contributed by atoms with Crippen LogP contribution in [0, 0.1) is 0 Å². The molecule has 0 heterocycles. The SMILES string of the molecule is CC(=O)N(C)C.CC(=O)N(C)C.CC(=O)N(C)C.CC(=O)N(C)C.O=C([O-])c1cccc(N=Cc2cccc(C=Nc3cccc(C(=O)[O-])c3)c2)c1.O=C([O-])c1cccc(N=Cc2cccc(C=Nc3cccc(C(=O)[O-])c3)c2)c1.O=C([O-])c1cccc(N=Cc2cccc(C=Nc3cccc(C(=O)[O-])c3)c2)c1.O=C([O-])c1cccc(N=Cc2cccc(C=Nc3cccc(C(=O)[O-])c3)c2)c1.[Cu+2].[Cu+2].[Cu+2].[Cu+2]. The summed E-state index contributed by atoms with van der Waals surface area (Å²) < 4.78 is 0. The first-order valence-electron chi connectivity index (χ1n) is 40.6. The predicted molar refractivity (Wildman–Crippen MR) is 507 cm³/mol. The van der Waals surface area contributed by atoms with Gasteiger partial charge in [0.2, 0.25) is 23.6 Å². The molecule has 4 amide bonds. The van der Waals surface area contributed by atoms with Gasteiger partial charge in [-0.3, -0.25) is 59.1 Å². The van der Waals surface area contributed by atoms with E-state index in [9.17, 15) is 98.4 Å². The van der Waals surface area contributed by atoms with Gasteiger partial charge < -0.3 is 98.8 Å². The van der Waals surface area contributed by atoms with Gasteiger partial charge in [0.05, 0.1) is 93.3 Å². The van der Waals surface area contributed by atoms with Crippen LogP contribution in [0.2, 0.25) is 0 Å². The first-order valence-corrected chi connectivity index (χ1v) is 40.6. The minimum atomic E-state index is -1.25. The number of aromatic carboxylic acids is 8. The van der Waals surface area contributed by atoms with E-state index in [4.69, 9.17) is 0 Å². The average molecular weight is 2080 g/mol. The third-order valence-corrected chi connectivity index (χ3v) is 17.7. The van der Waals surface area contributed by atoms with Gasteiger partial charge in [0, 0.05) is 134 Å². The molecule has 12 rings (SSSR count). The molecule has 0 saturated heterocycles. The molecule has 0 aliphatic carbocycles. The Morgan fingerprint density at radius 3 is 0.357 bits per heavy atom. The van der Waals surface area contributed by atoms with E-state index >= 15 is 0 Å². The van der Waals surface area contributed by atoms with Gasteiger partial charge in [-0.25, -0.2) is 0 Å². The van der Waals surface area contributed by atoms with Crippen LogP contribution >= 0.6 is 0 Å². The molecule has 0 aliphatic heterocycles. The Bertz CT molecular complexity index is 5390. The minimum Gasteiger partial charge on any atom is -0.545 e. The van der Waals surface area contributed by atoms with Crippen molar-refractivity contribution >= 4 is 167 Å². The van der Waals surface area contributed by atoms with Crippen molar-refractivity contribution in [2.24, 2.45) is 39.9 Å². The van der Waals surface area contributed by atoms with Crippen molar-refractivity contribution in [3.05, 3.63) is 380 Å². The van der Waals surface area contributed by atoms with Crippen molar-refractivity contribution in [2.45, 2.75) is 27.7 Å². The topological polar surface area (TPSA) is 501 Å². The quantitative estimate of drug-likeness (QED) is 0.0408. The number of amides is 4. The van der Waals surface area contributed by atoms with E-state index < -0.39 is 47.8 Å². The van der Waals surface area contributed by atoms with E-state index in [2.05, 4.69) is 39.9 Å². The molecule has 32 nitrogen and oxygen atoms in total. The molecule has 0 aliphatic rings. The molecule has 0 N–H and O–H groups in total. The Kier molecular flexibility index (Phi) is 56.2. The zero-order valence-electron chi connectivity index (χ0n) is 77.1. The second-order valence-electron chi connectivity index (χ2n) is 29.1. The maximum Gasteiger partial charge on any atom is 2.00 e. The number of hydrogen-bond acceptors (Lipinski definition) is 28. The van der Waals surface area contributed by atoms with E-state index in [1.165, 1.54) is 144 Å². The molecule has 0 spiro atoms. The van der Waals surface area contributed by atoms with Crippen LogP contribution in [0.3, 0.4) is 0 Å². The molecule has 12 aromatic carbocycles. The molecular formula is C104H92Cu4N12O20. The smallest absolute Gasteiger partial charge is 0.545 e. The molecular weight excluding hydrogens is 1990 g/mol. The Balaban J connectivity index is 0.000000854. The van der Waals surface area contributed by atoms with Gasteiger partial charge in [0.1, 0.15) is 0 Å². The van der Waals surface area contributed by atoms with Crippen LogP contribution in [0.1, 0.15) is 155 Å². The molecule has 0 unspecified atom stereocenters. The molecule has 36 heteroatoms. The van der Waals surface area contributed by atoms with Crippen molar-refractivity contribution in [3.8, 4) is 0 Å². The van der Waals surface area contributed by atoms with Crippen LogP contribution < -0.4 is 40.9 Å². The third-order valence-electron chi connectivity index (χ3n) is 17.7. The van der Waals surface area contributed by atoms with E-state index in [0.717, 1.165) is 44.5 Å². The van der Waals surface area contributed by atoms with Gasteiger partial charge in [-0.1, -0.05) is 170 Å². The second-order valence-corrected chi connectivity index (χ2v) is 29.1. The van der Waals surface area contributed by atoms with Crippen LogP contribution in [-0.4, -0.2) is 197 Å². The molecule has 0 bridgehead atoms. The Hall–Kier alpha value is -16.3. The summed E-state index contributed by atoms with van der Waals surface area (Å²) >= 11 is 0. The second kappa shape index (κ2) is 64.6. The zero-order valence-corrected chi connectivity index (χ0v) is 80.8. The minimum absolute atomic E-state index is 0. The summed E-state index contributed by atoms with van der Waals surface area (Å²) in [6, 6.07) is 78.8. The first kappa shape index (κ1) is 122. The van der Waals surface area contributed by atoms with Crippen molar-refractivity contribution in [2.75, 3.05) is 56.4 Å². The molecule has 732 valence electrons. The number of aliphatic imine (C=N–C) groups is 8. The standard InChI is InChI=1S/4C22H16N2O4.4C4H9NO.4Cu/c4*25-21(26)17-6-2-8-19(11-17)23-13-15-4-1-5-16(10-15)14-24-20-9-3-7-18(12-20)22(27)28;4*1-4(6)5(2)3;;;;/h4*1-14H,(H,25,26)(H,27,28);4*1-3H3;;;;/q;;;;;;;;4*+2/p-8. The fourth-order valence-electron chi connectivity index (χ4n) is 9.78. The number of hydrogen-bond donors (Lipinski definition) is 0. The van der Waals surface area contributed by atoms with Gasteiger partial charge in [-0.05, 0) is 210 Å².